The highest BCUT2D eigenvalue weighted by atomic mass is 32.2. The van der Waals surface area contributed by atoms with Crippen LogP contribution in [0.1, 0.15) is 26.9 Å². The molecule has 2 aromatic rings. The summed E-state index contributed by atoms with van der Waals surface area (Å²) >= 11 is 3.58. The third kappa shape index (κ3) is 1.25. The molecule has 0 aliphatic carbocycles. The number of fused-ring (bicyclic) bond motifs is 4. The Kier molecular flexibility index (Phi) is 1.93. The van der Waals surface area contributed by atoms with Gasteiger partial charge in [-0.2, -0.15) is 0 Å². The maximum atomic E-state index is 12.3. The number of nitrogens with zero attached hydrogens (tertiary/aromatic N) is 1. The maximum Gasteiger partial charge on any atom is 0.255 e. The van der Waals surface area contributed by atoms with E-state index >= 15 is 0 Å². The van der Waals surface area contributed by atoms with Crippen LogP contribution >= 0.6 is 23.1 Å². The largest absolute Gasteiger partial charge is 0.318 e. The van der Waals surface area contributed by atoms with Crippen LogP contribution in [0.25, 0.3) is 0 Å². The summed E-state index contributed by atoms with van der Waals surface area (Å²) in [6.45, 7) is 0.754. The topological polar surface area (TPSA) is 20.3 Å². The molecule has 4 heteroatoms. The van der Waals surface area contributed by atoms with Crippen molar-refractivity contribution in [2.75, 3.05) is 0 Å². The van der Waals surface area contributed by atoms with Gasteiger partial charge in [0.1, 0.15) is 5.37 Å². The normalized spacial score (nSPS) is 21.1. The molecule has 2 aliphatic rings. The van der Waals surface area contributed by atoms with Gasteiger partial charge in [-0.1, -0.05) is 30.0 Å². The first-order valence-electron chi connectivity index (χ1n) is 5.47. The summed E-state index contributed by atoms with van der Waals surface area (Å²) < 4.78 is 1.36. The van der Waals surface area contributed by atoms with E-state index in [9.17, 15) is 4.79 Å². The second-order valence-electron chi connectivity index (χ2n) is 4.22. The van der Waals surface area contributed by atoms with E-state index in [1.54, 1.807) is 23.1 Å². The zero-order chi connectivity index (χ0) is 11.4. The van der Waals surface area contributed by atoms with Crippen molar-refractivity contribution in [1.82, 2.24) is 4.90 Å². The molecule has 0 saturated carbocycles. The van der Waals surface area contributed by atoms with E-state index in [4.69, 9.17) is 0 Å². The molecule has 17 heavy (non-hydrogen) atoms. The second kappa shape index (κ2) is 3.37. The van der Waals surface area contributed by atoms with Crippen LogP contribution in [0.4, 0.5) is 0 Å². The number of rotatable bonds is 0. The van der Waals surface area contributed by atoms with Crippen LogP contribution in [0.2, 0.25) is 0 Å². The van der Waals surface area contributed by atoms with Gasteiger partial charge in [0.05, 0.1) is 4.21 Å². The highest BCUT2D eigenvalue weighted by Gasteiger charge is 2.40. The number of carbonyl (C=O) groups excluding carboxylic acids is 1. The van der Waals surface area contributed by atoms with Crippen molar-refractivity contribution < 1.29 is 4.79 Å². The molecule has 0 fully saturated rings. The summed E-state index contributed by atoms with van der Waals surface area (Å²) in [5, 5.41) is 2.29. The summed E-state index contributed by atoms with van der Waals surface area (Å²) in [7, 11) is 0. The third-order valence-electron chi connectivity index (χ3n) is 3.27. The molecule has 1 unspecified atom stereocenters. The lowest BCUT2D eigenvalue weighted by Gasteiger charge is -2.29. The SMILES string of the molecule is O=C1c2ccccc2C2Sc3sccc3CN12. The van der Waals surface area contributed by atoms with Gasteiger partial charge >= 0.3 is 0 Å². The molecule has 4 rings (SSSR count). The van der Waals surface area contributed by atoms with Crippen LogP contribution in [0, 0.1) is 0 Å². The highest BCUT2D eigenvalue weighted by molar-refractivity contribution is 8.01. The molecule has 1 amide bonds. The zero-order valence-electron chi connectivity index (χ0n) is 8.92. The van der Waals surface area contributed by atoms with Gasteiger partial charge in [-0.15, -0.1) is 11.3 Å². The molecule has 2 aliphatic heterocycles. The minimum Gasteiger partial charge on any atom is -0.318 e. The average Bonchev–Trinajstić information content (AvgIpc) is 2.92. The lowest BCUT2D eigenvalue weighted by molar-refractivity contribution is 0.0757. The Morgan fingerprint density at radius 3 is 3.06 bits per heavy atom. The van der Waals surface area contributed by atoms with Crippen LogP contribution in [-0.4, -0.2) is 10.8 Å². The third-order valence-corrected chi connectivity index (χ3v) is 5.80. The number of carbonyl (C=O) groups is 1. The molecule has 0 N–H and O–H groups in total. The van der Waals surface area contributed by atoms with E-state index in [1.807, 2.05) is 23.1 Å². The molecule has 1 atom stereocenters. The minimum atomic E-state index is 0.176. The Bertz CT molecular complexity index is 619. The molecule has 0 bridgehead atoms. The maximum absolute atomic E-state index is 12.3. The van der Waals surface area contributed by atoms with Gasteiger partial charge in [0.2, 0.25) is 0 Å². The predicted molar refractivity (Wildman–Crippen MR) is 69.2 cm³/mol. The molecule has 2 nitrogen and oxygen atoms in total. The van der Waals surface area contributed by atoms with Crippen molar-refractivity contribution in [3.05, 3.63) is 52.4 Å². The predicted octanol–water partition coefficient (Wildman–Crippen LogP) is 3.51. The zero-order valence-corrected chi connectivity index (χ0v) is 10.6. The van der Waals surface area contributed by atoms with E-state index in [0.29, 0.717) is 0 Å². The van der Waals surface area contributed by atoms with Gasteiger partial charge < -0.3 is 4.90 Å². The Hall–Kier alpha value is -1.26. The second-order valence-corrected chi connectivity index (χ2v) is 6.49. The number of hydrogen-bond donors (Lipinski definition) is 0. The fourth-order valence-corrected chi connectivity index (χ4v) is 4.86. The van der Waals surface area contributed by atoms with Gasteiger partial charge in [0, 0.05) is 12.1 Å². The van der Waals surface area contributed by atoms with Gasteiger partial charge in [0.25, 0.3) is 5.91 Å². The van der Waals surface area contributed by atoms with E-state index in [-0.39, 0.29) is 11.3 Å². The van der Waals surface area contributed by atoms with Gasteiger partial charge in [-0.3, -0.25) is 4.79 Å². The molecule has 1 aromatic carbocycles. The summed E-state index contributed by atoms with van der Waals surface area (Å²) in [4.78, 5) is 14.3. The summed E-state index contributed by atoms with van der Waals surface area (Å²) in [6.07, 6.45) is 0. The molecular formula is C13H9NOS2. The van der Waals surface area contributed by atoms with Crippen molar-refractivity contribution in [2.45, 2.75) is 16.1 Å². The van der Waals surface area contributed by atoms with Crippen LogP contribution in [0.15, 0.2) is 39.9 Å². The van der Waals surface area contributed by atoms with E-state index in [1.165, 1.54) is 15.3 Å². The number of thioether (sulfide) groups is 1. The molecule has 0 radical (unpaired) electrons. The standard InChI is InChI=1S/C13H9NOS2/c15-11-9-3-1-2-4-10(9)12-14(11)7-8-5-6-16-13(8)17-12/h1-6,12H,7H2. The van der Waals surface area contributed by atoms with Crippen LogP contribution in [0.5, 0.6) is 0 Å². The van der Waals surface area contributed by atoms with E-state index in [0.717, 1.165) is 12.1 Å². The van der Waals surface area contributed by atoms with Crippen molar-refractivity contribution in [3.8, 4) is 0 Å². The first kappa shape index (κ1) is 9.74. The summed E-state index contributed by atoms with van der Waals surface area (Å²) in [5.41, 5.74) is 3.33. The number of thiophene rings is 1. The Balaban J connectivity index is 1.87. The van der Waals surface area contributed by atoms with Gasteiger partial charge in [0.15, 0.2) is 0 Å². The van der Waals surface area contributed by atoms with Crippen molar-refractivity contribution in [2.24, 2.45) is 0 Å². The smallest absolute Gasteiger partial charge is 0.255 e. The van der Waals surface area contributed by atoms with Crippen molar-refractivity contribution >= 4 is 29.0 Å². The first-order chi connectivity index (χ1) is 8.34. The number of benzene rings is 1. The average molecular weight is 259 g/mol. The number of hydrogen-bond acceptors (Lipinski definition) is 3. The fraction of sp³-hybridized carbons (Fsp3) is 0.154. The lowest BCUT2D eigenvalue weighted by atomic mass is 10.1. The molecule has 0 spiro atoms. The Morgan fingerprint density at radius 1 is 1.24 bits per heavy atom. The van der Waals surface area contributed by atoms with Gasteiger partial charge in [-0.25, -0.2) is 0 Å². The van der Waals surface area contributed by atoms with Crippen LogP contribution < -0.4 is 0 Å². The van der Waals surface area contributed by atoms with Crippen molar-refractivity contribution in [3.63, 3.8) is 0 Å². The van der Waals surface area contributed by atoms with E-state index < -0.39 is 0 Å². The van der Waals surface area contributed by atoms with Crippen molar-refractivity contribution in [1.29, 1.82) is 0 Å². The Morgan fingerprint density at radius 2 is 2.12 bits per heavy atom. The highest BCUT2D eigenvalue weighted by Crippen LogP contribution is 2.51. The minimum absolute atomic E-state index is 0.176. The van der Waals surface area contributed by atoms with E-state index in [2.05, 4.69) is 17.5 Å². The fourth-order valence-electron chi connectivity index (χ4n) is 2.45. The van der Waals surface area contributed by atoms with Crippen LogP contribution in [-0.2, 0) is 6.54 Å². The molecular weight excluding hydrogens is 250 g/mol. The Labute approximate surface area is 107 Å². The lowest BCUT2D eigenvalue weighted by Crippen LogP contribution is -2.28. The number of amides is 1. The quantitative estimate of drug-likeness (QED) is 0.721. The van der Waals surface area contributed by atoms with Gasteiger partial charge in [-0.05, 0) is 28.6 Å². The molecule has 1 aromatic heterocycles. The first-order valence-corrected chi connectivity index (χ1v) is 7.23. The summed E-state index contributed by atoms with van der Waals surface area (Å²) in [6, 6.07) is 10.1. The van der Waals surface area contributed by atoms with Crippen LogP contribution in [0.3, 0.4) is 0 Å². The molecule has 0 saturated heterocycles. The summed E-state index contributed by atoms with van der Waals surface area (Å²) in [5.74, 6) is 0.176. The molecule has 3 heterocycles. The molecule has 84 valence electrons. The monoisotopic (exact) mass is 259 g/mol.